The lowest BCUT2D eigenvalue weighted by atomic mass is 10.2. The van der Waals surface area contributed by atoms with Crippen molar-refractivity contribution in [2.75, 3.05) is 0 Å². The summed E-state index contributed by atoms with van der Waals surface area (Å²) in [4.78, 5) is 0.756. The van der Waals surface area contributed by atoms with Crippen molar-refractivity contribution < 1.29 is 8.63 Å². The molecule has 2 aromatic rings. The summed E-state index contributed by atoms with van der Waals surface area (Å²) in [5.74, 6) is 0.426. The van der Waals surface area contributed by atoms with Crippen LogP contribution in [0, 0.1) is 20.8 Å². The van der Waals surface area contributed by atoms with Crippen LogP contribution in [0.25, 0.3) is 0 Å². The van der Waals surface area contributed by atoms with Gasteiger partial charge < -0.3 is 4.42 Å². The van der Waals surface area contributed by atoms with Gasteiger partial charge in [-0.05, 0) is 25.0 Å². The van der Waals surface area contributed by atoms with Gasteiger partial charge in [-0.1, -0.05) is 23.3 Å². The fourth-order valence-electron chi connectivity index (χ4n) is 1.53. The zero-order valence-corrected chi connectivity index (χ0v) is 10.2. The topological polar surface area (TPSA) is 56.0 Å². The molecule has 0 aliphatic carbocycles. The molecule has 1 atom stereocenters. The Balaban J connectivity index is 2.49. The highest BCUT2D eigenvalue weighted by molar-refractivity contribution is 7.85. The molecule has 2 rings (SSSR count). The predicted molar refractivity (Wildman–Crippen MR) is 59.6 cm³/mol. The summed E-state index contributed by atoms with van der Waals surface area (Å²) in [5, 5.41) is 7.63. The van der Waals surface area contributed by atoms with Crippen LogP contribution in [0.5, 0.6) is 0 Å². The summed E-state index contributed by atoms with van der Waals surface area (Å²) in [6.07, 6.45) is 0. The van der Waals surface area contributed by atoms with Gasteiger partial charge in [-0.15, -0.1) is 5.10 Å². The molecule has 0 bridgehead atoms. The molecule has 1 aromatic heterocycles. The second-order valence-corrected chi connectivity index (χ2v) is 4.87. The second-order valence-electron chi connectivity index (χ2n) is 3.58. The highest BCUT2D eigenvalue weighted by Crippen LogP contribution is 2.22. The Kier molecular flexibility index (Phi) is 2.87. The molecule has 0 amide bonds. The average Bonchev–Trinajstić information content (AvgIpc) is 2.64. The van der Waals surface area contributed by atoms with Gasteiger partial charge >= 0.3 is 5.22 Å². The van der Waals surface area contributed by atoms with Gasteiger partial charge in [0.2, 0.25) is 5.89 Å². The first-order valence-corrected chi connectivity index (χ1v) is 6.02. The van der Waals surface area contributed by atoms with E-state index in [4.69, 9.17) is 4.42 Å². The summed E-state index contributed by atoms with van der Waals surface area (Å²) >= 11 is 0. The minimum Gasteiger partial charge on any atom is -0.414 e. The maximum Gasteiger partial charge on any atom is 0.312 e. The van der Waals surface area contributed by atoms with Crippen LogP contribution in [0.2, 0.25) is 0 Å². The molecule has 84 valence electrons. The first kappa shape index (κ1) is 11.0. The molecule has 0 radical (unpaired) electrons. The Labute approximate surface area is 96.2 Å². The van der Waals surface area contributed by atoms with Crippen molar-refractivity contribution in [1.82, 2.24) is 10.2 Å². The molecular formula is C11H12N2O2S. The van der Waals surface area contributed by atoms with Crippen LogP contribution in [0.4, 0.5) is 0 Å². The maximum absolute atomic E-state index is 12.2. The number of hydrogen-bond acceptors (Lipinski definition) is 4. The average molecular weight is 236 g/mol. The molecule has 0 aliphatic heterocycles. The Morgan fingerprint density at radius 2 is 1.75 bits per heavy atom. The van der Waals surface area contributed by atoms with E-state index in [2.05, 4.69) is 10.2 Å². The van der Waals surface area contributed by atoms with E-state index in [-0.39, 0.29) is 5.22 Å². The first-order valence-electron chi connectivity index (χ1n) is 4.87. The van der Waals surface area contributed by atoms with Gasteiger partial charge in [-0.25, -0.2) is 4.21 Å². The molecule has 5 heteroatoms. The number of aromatic nitrogens is 2. The largest absolute Gasteiger partial charge is 0.414 e. The lowest BCUT2D eigenvalue weighted by Gasteiger charge is -2.05. The van der Waals surface area contributed by atoms with Crippen molar-refractivity contribution in [2.45, 2.75) is 30.9 Å². The summed E-state index contributed by atoms with van der Waals surface area (Å²) in [7, 11) is -1.39. The zero-order valence-electron chi connectivity index (χ0n) is 9.35. The van der Waals surface area contributed by atoms with E-state index in [0.717, 1.165) is 16.0 Å². The minimum atomic E-state index is -1.39. The lowest BCUT2D eigenvalue weighted by molar-refractivity contribution is 0.421. The molecule has 0 spiro atoms. The minimum absolute atomic E-state index is 0.162. The Hall–Kier alpha value is -1.49. The summed E-state index contributed by atoms with van der Waals surface area (Å²) < 4.78 is 17.4. The fourth-order valence-corrected chi connectivity index (χ4v) is 2.74. The SMILES string of the molecule is Cc1nnc(S(=O)c2c(C)cccc2C)o1. The van der Waals surface area contributed by atoms with Gasteiger partial charge in [-0.3, -0.25) is 0 Å². The number of benzene rings is 1. The normalized spacial score (nSPS) is 12.7. The summed E-state index contributed by atoms with van der Waals surface area (Å²) in [6.45, 7) is 5.52. The van der Waals surface area contributed by atoms with Gasteiger partial charge in [-0.2, -0.15) is 0 Å². The summed E-state index contributed by atoms with van der Waals surface area (Å²) in [6, 6.07) is 5.78. The van der Waals surface area contributed by atoms with Crippen molar-refractivity contribution in [2.24, 2.45) is 0 Å². The highest BCUT2D eigenvalue weighted by Gasteiger charge is 2.17. The molecule has 0 fully saturated rings. The first-order chi connectivity index (χ1) is 7.59. The Morgan fingerprint density at radius 3 is 2.25 bits per heavy atom. The monoisotopic (exact) mass is 236 g/mol. The van der Waals surface area contributed by atoms with Gasteiger partial charge in [0.15, 0.2) is 0 Å². The number of hydrogen-bond donors (Lipinski definition) is 0. The van der Waals surface area contributed by atoms with Crippen LogP contribution in [0.3, 0.4) is 0 Å². The molecule has 0 saturated heterocycles. The van der Waals surface area contributed by atoms with Crippen LogP contribution in [0.15, 0.2) is 32.7 Å². The number of nitrogens with zero attached hydrogens (tertiary/aromatic N) is 2. The van der Waals surface area contributed by atoms with E-state index < -0.39 is 10.8 Å². The molecule has 1 aromatic carbocycles. The van der Waals surface area contributed by atoms with Gasteiger partial charge in [0, 0.05) is 6.92 Å². The van der Waals surface area contributed by atoms with E-state index in [9.17, 15) is 4.21 Å². The van der Waals surface area contributed by atoms with E-state index in [0.29, 0.717) is 5.89 Å². The third kappa shape index (κ3) is 1.90. The van der Waals surface area contributed by atoms with Crippen molar-refractivity contribution in [3.8, 4) is 0 Å². The van der Waals surface area contributed by atoms with E-state index in [1.165, 1.54) is 0 Å². The van der Waals surface area contributed by atoms with Crippen molar-refractivity contribution >= 4 is 10.8 Å². The van der Waals surface area contributed by atoms with E-state index in [1.54, 1.807) is 6.92 Å². The molecule has 16 heavy (non-hydrogen) atoms. The molecule has 4 nitrogen and oxygen atoms in total. The third-order valence-electron chi connectivity index (χ3n) is 2.26. The lowest BCUT2D eigenvalue weighted by Crippen LogP contribution is -1.99. The Bertz CT molecular complexity index is 528. The van der Waals surface area contributed by atoms with Crippen LogP contribution in [-0.2, 0) is 10.8 Å². The Morgan fingerprint density at radius 1 is 1.12 bits per heavy atom. The molecule has 1 unspecified atom stereocenters. The standard InChI is InChI=1S/C11H12N2O2S/c1-7-5-4-6-8(2)10(7)16(14)11-13-12-9(3)15-11/h4-6H,1-3H3. The maximum atomic E-state index is 12.2. The van der Waals surface area contributed by atoms with Crippen molar-refractivity contribution in [3.63, 3.8) is 0 Å². The van der Waals surface area contributed by atoms with Crippen LogP contribution < -0.4 is 0 Å². The highest BCUT2D eigenvalue weighted by atomic mass is 32.2. The van der Waals surface area contributed by atoms with Crippen LogP contribution in [-0.4, -0.2) is 14.4 Å². The fraction of sp³-hybridized carbons (Fsp3) is 0.273. The quantitative estimate of drug-likeness (QED) is 0.801. The molecule has 1 heterocycles. The number of rotatable bonds is 2. The third-order valence-corrected chi connectivity index (χ3v) is 3.76. The van der Waals surface area contributed by atoms with Crippen molar-refractivity contribution in [3.05, 3.63) is 35.2 Å². The van der Waals surface area contributed by atoms with Crippen molar-refractivity contribution in [1.29, 1.82) is 0 Å². The zero-order chi connectivity index (χ0) is 11.7. The molecule has 0 aliphatic rings. The van der Waals surface area contributed by atoms with Gasteiger partial charge in [0.25, 0.3) is 0 Å². The molecular weight excluding hydrogens is 224 g/mol. The predicted octanol–water partition coefficient (Wildman–Crippen LogP) is 2.16. The molecule has 0 N–H and O–H groups in total. The van der Waals surface area contributed by atoms with Crippen LogP contribution in [0.1, 0.15) is 17.0 Å². The van der Waals surface area contributed by atoms with Gasteiger partial charge in [0.1, 0.15) is 10.8 Å². The second kappa shape index (κ2) is 4.17. The van der Waals surface area contributed by atoms with E-state index in [1.807, 2.05) is 32.0 Å². The smallest absolute Gasteiger partial charge is 0.312 e. The van der Waals surface area contributed by atoms with Crippen LogP contribution >= 0.6 is 0 Å². The summed E-state index contributed by atoms with van der Waals surface area (Å²) in [5.41, 5.74) is 1.93. The molecule has 0 saturated carbocycles. The number of aryl methyl sites for hydroxylation is 3. The van der Waals surface area contributed by atoms with Gasteiger partial charge in [0.05, 0.1) is 4.90 Å². The van der Waals surface area contributed by atoms with E-state index >= 15 is 0 Å².